The van der Waals surface area contributed by atoms with Gasteiger partial charge in [0.15, 0.2) is 5.76 Å². The Morgan fingerprint density at radius 2 is 1.91 bits per heavy atom. The minimum Gasteiger partial charge on any atom is -0.488 e. The van der Waals surface area contributed by atoms with Crippen LogP contribution in [0, 0.1) is 0 Å². The first-order valence-electron chi connectivity index (χ1n) is 9.28. The van der Waals surface area contributed by atoms with Crippen molar-refractivity contribution in [3.05, 3.63) is 96.5 Å². The van der Waals surface area contributed by atoms with Gasteiger partial charge in [0, 0.05) is 31.0 Å². The minimum atomic E-state index is -0.466. The van der Waals surface area contributed by atoms with Crippen molar-refractivity contribution in [1.29, 1.82) is 0 Å². The van der Waals surface area contributed by atoms with Gasteiger partial charge >= 0.3 is 5.91 Å². The highest BCUT2D eigenvalue weighted by molar-refractivity contribution is 9.11. The average molecular weight is 597 g/mol. The van der Waals surface area contributed by atoms with E-state index in [0.29, 0.717) is 26.9 Å². The number of para-hydroxylation sites is 1. The lowest BCUT2D eigenvalue weighted by atomic mass is 10.2. The van der Waals surface area contributed by atoms with Crippen LogP contribution in [0.4, 0.5) is 0 Å². The summed E-state index contributed by atoms with van der Waals surface area (Å²) in [4.78, 5) is 12.5. The number of benzene rings is 3. The Kier molecular flexibility index (Phi) is 7.20. The molecule has 0 fully saturated rings. The normalized spacial score (nSPS) is 11.2. The van der Waals surface area contributed by atoms with E-state index in [1.807, 2.05) is 42.5 Å². The zero-order valence-corrected chi connectivity index (χ0v) is 20.9. The van der Waals surface area contributed by atoms with E-state index in [-0.39, 0.29) is 12.4 Å². The number of hydrogen-bond acceptors (Lipinski definition) is 4. The second-order valence-electron chi connectivity index (χ2n) is 6.68. The maximum absolute atomic E-state index is 12.5. The van der Waals surface area contributed by atoms with Gasteiger partial charge in [-0.05, 0) is 58.4 Å². The quantitative estimate of drug-likeness (QED) is 0.184. The molecule has 0 radical (unpaired) electrons. The van der Waals surface area contributed by atoms with Crippen LogP contribution in [0.1, 0.15) is 21.7 Å². The Balaban J connectivity index is 1.44. The monoisotopic (exact) mass is 594 g/mol. The molecule has 0 bridgehead atoms. The molecule has 9 heteroatoms. The number of hydrazone groups is 1. The van der Waals surface area contributed by atoms with Gasteiger partial charge in [-0.2, -0.15) is 5.10 Å². The highest BCUT2D eigenvalue weighted by Crippen LogP contribution is 2.31. The number of carbonyl (C=O) groups excluding carboxylic acids is 1. The molecule has 162 valence electrons. The fraction of sp³-hybridized carbons (Fsp3) is 0.0435. The molecule has 3 aromatic carbocycles. The van der Waals surface area contributed by atoms with Crippen LogP contribution < -0.4 is 10.2 Å². The average Bonchev–Trinajstić information content (AvgIpc) is 3.18. The molecular formula is C23H14Br2Cl2N2O3. The molecule has 4 rings (SSSR count). The van der Waals surface area contributed by atoms with Gasteiger partial charge in [-0.1, -0.05) is 57.3 Å². The lowest BCUT2D eigenvalue weighted by Crippen LogP contribution is -2.16. The number of ether oxygens (including phenoxy) is 1. The predicted molar refractivity (Wildman–Crippen MR) is 134 cm³/mol. The van der Waals surface area contributed by atoms with E-state index < -0.39 is 5.91 Å². The summed E-state index contributed by atoms with van der Waals surface area (Å²) in [5.41, 5.74) is 4.56. The fourth-order valence-electron chi connectivity index (χ4n) is 2.92. The summed E-state index contributed by atoms with van der Waals surface area (Å²) >= 11 is 19.0. The number of fused-ring (bicyclic) bond motifs is 1. The summed E-state index contributed by atoms with van der Waals surface area (Å²) in [6.07, 6.45) is 1.51. The number of furan rings is 1. The Bertz CT molecular complexity index is 1340. The molecule has 0 saturated carbocycles. The van der Waals surface area contributed by atoms with Crippen LogP contribution in [0.3, 0.4) is 0 Å². The summed E-state index contributed by atoms with van der Waals surface area (Å²) in [6, 6.07) is 17.9. The van der Waals surface area contributed by atoms with Crippen molar-refractivity contribution < 1.29 is 13.9 Å². The van der Waals surface area contributed by atoms with E-state index in [1.54, 1.807) is 18.2 Å². The van der Waals surface area contributed by atoms with Gasteiger partial charge < -0.3 is 9.15 Å². The van der Waals surface area contributed by atoms with E-state index in [1.165, 1.54) is 6.21 Å². The zero-order chi connectivity index (χ0) is 22.7. The molecule has 0 atom stereocenters. The third-order valence-electron chi connectivity index (χ3n) is 4.45. The van der Waals surface area contributed by atoms with Crippen LogP contribution in [0.25, 0.3) is 11.0 Å². The zero-order valence-electron chi connectivity index (χ0n) is 16.2. The second-order valence-corrected chi connectivity index (χ2v) is 9.29. The molecule has 1 amide bonds. The van der Waals surface area contributed by atoms with Crippen molar-refractivity contribution in [3.63, 3.8) is 0 Å². The molecule has 4 aromatic rings. The number of amides is 1. The van der Waals surface area contributed by atoms with Crippen LogP contribution >= 0.6 is 55.1 Å². The highest BCUT2D eigenvalue weighted by Gasteiger charge is 2.14. The van der Waals surface area contributed by atoms with Crippen molar-refractivity contribution in [3.8, 4) is 5.75 Å². The molecule has 0 unspecified atom stereocenters. The van der Waals surface area contributed by atoms with Gasteiger partial charge in [-0.15, -0.1) is 0 Å². The van der Waals surface area contributed by atoms with Crippen LogP contribution in [-0.2, 0) is 6.61 Å². The van der Waals surface area contributed by atoms with Crippen LogP contribution in [0.15, 0.2) is 79.1 Å². The van der Waals surface area contributed by atoms with Crippen LogP contribution in [-0.4, -0.2) is 12.1 Å². The summed E-state index contributed by atoms with van der Waals surface area (Å²) < 4.78 is 13.2. The Morgan fingerprint density at radius 3 is 2.72 bits per heavy atom. The Labute approximate surface area is 210 Å². The van der Waals surface area contributed by atoms with Crippen molar-refractivity contribution in [1.82, 2.24) is 5.43 Å². The first-order valence-corrected chi connectivity index (χ1v) is 11.6. The molecule has 0 aliphatic heterocycles. The smallest absolute Gasteiger partial charge is 0.307 e. The van der Waals surface area contributed by atoms with E-state index in [0.717, 1.165) is 19.9 Å². The lowest BCUT2D eigenvalue weighted by Gasteiger charge is -2.10. The van der Waals surface area contributed by atoms with Gasteiger partial charge in [0.05, 0.1) is 10.7 Å². The van der Waals surface area contributed by atoms with E-state index in [4.69, 9.17) is 32.4 Å². The van der Waals surface area contributed by atoms with E-state index in [2.05, 4.69) is 42.4 Å². The topological polar surface area (TPSA) is 63.8 Å². The third-order valence-corrected chi connectivity index (χ3v) is 6.08. The molecule has 0 saturated heterocycles. The number of rotatable bonds is 6. The highest BCUT2D eigenvalue weighted by atomic mass is 79.9. The number of carbonyl (C=O) groups is 1. The number of hydrogen-bond donors (Lipinski definition) is 1. The molecule has 1 aromatic heterocycles. The maximum Gasteiger partial charge on any atom is 0.307 e. The van der Waals surface area contributed by atoms with E-state index >= 15 is 0 Å². The Morgan fingerprint density at radius 1 is 1.09 bits per heavy atom. The molecule has 32 heavy (non-hydrogen) atoms. The SMILES string of the molecule is O=C(N/N=C\c1ccccc1OCc1ccc(Cl)cc1Cl)c1cc2cc(Br)cc(Br)c2o1. The largest absolute Gasteiger partial charge is 0.488 e. The molecule has 0 aliphatic carbocycles. The Hall–Kier alpha value is -2.32. The summed E-state index contributed by atoms with van der Waals surface area (Å²) in [6.45, 7) is 0.261. The first-order chi connectivity index (χ1) is 15.4. The minimum absolute atomic E-state index is 0.151. The third kappa shape index (κ3) is 5.35. The molecule has 5 nitrogen and oxygen atoms in total. The fourth-order valence-corrected chi connectivity index (χ4v) is 4.72. The van der Waals surface area contributed by atoms with Crippen molar-refractivity contribution >= 4 is 78.2 Å². The maximum atomic E-state index is 12.5. The standard InChI is InChI=1S/C23H14Br2Cl2N2O3/c24-16-7-15-8-21(32-22(15)18(25)9-16)23(30)29-28-11-13-3-1-2-4-20(13)31-12-14-5-6-17(26)10-19(14)27/h1-11H,12H2,(H,29,30)/b28-11-. The number of nitrogens with zero attached hydrogens (tertiary/aromatic N) is 1. The molecule has 0 aliphatic rings. The predicted octanol–water partition coefficient (Wildman–Crippen LogP) is 7.61. The van der Waals surface area contributed by atoms with Gasteiger partial charge in [-0.25, -0.2) is 5.43 Å². The molecule has 0 spiro atoms. The van der Waals surface area contributed by atoms with Crippen LogP contribution in [0.2, 0.25) is 10.0 Å². The summed E-state index contributed by atoms with van der Waals surface area (Å²) in [7, 11) is 0. The van der Waals surface area contributed by atoms with Crippen molar-refractivity contribution in [2.75, 3.05) is 0 Å². The van der Waals surface area contributed by atoms with Crippen LogP contribution in [0.5, 0.6) is 5.75 Å². The van der Waals surface area contributed by atoms with Crippen molar-refractivity contribution in [2.45, 2.75) is 6.61 Å². The molecule has 1 N–H and O–H groups in total. The summed E-state index contributed by atoms with van der Waals surface area (Å²) in [5, 5.41) is 5.93. The summed E-state index contributed by atoms with van der Waals surface area (Å²) in [5.74, 6) is 0.277. The number of halogens is 4. The van der Waals surface area contributed by atoms with Gasteiger partial charge in [-0.3, -0.25) is 4.79 Å². The van der Waals surface area contributed by atoms with Gasteiger partial charge in [0.1, 0.15) is 17.9 Å². The second kappa shape index (κ2) is 10.1. The number of nitrogens with one attached hydrogen (secondary N) is 1. The molecule has 1 heterocycles. The van der Waals surface area contributed by atoms with Crippen molar-refractivity contribution in [2.24, 2.45) is 5.10 Å². The van der Waals surface area contributed by atoms with Gasteiger partial charge in [0.2, 0.25) is 0 Å². The van der Waals surface area contributed by atoms with E-state index in [9.17, 15) is 4.79 Å². The lowest BCUT2D eigenvalue weighted by molar-refractivity contribution is 0.0929. The van der Waals surface area contributed by atoms with Gasteiger partial charge in [0.25, 0.3) is 0 Å². The first kappa shape index (κ1) is 22.9. The molecular weight excluding hydrogens is 583 g/mol.